The number of aromatic nitrogens is 1. The van der Waals surface area contributed by atoms with Crippen LogP contribution in [-0.2, 0) is 6.54 Å². The lowest BCUT2D eigenvalue weighted by molar-refractivity contribution is 0.103. The first-order valence-electron chi connectivity index (χ1n) is 8.29. The molecule has 0 atom stereocenters. The number of hydrogen-bond acceptors (Lipinski definition) is 2. The zero-order valence-electron chi connectivity index (χ0n) is 14.2. The predicted octanol–water partition coefficient (Wildman–Crippen LogP) is 5.97. The molecule has 0 aliphatic carbocycles. The largest absolute Gasteiger partial charge is 0.341 e. The van der Waals surface area contributed by atoms with E-state index in [0.717, 1.165) is 23.1 Å². The maximum atomic E-state index is 12.6. The van der Waals surface area contributed by atoms with E-state index >= 15 is 0 Å². The van der Waals surface area contributed by atoms with E-state index in [1.807, 2.05) is 29.8 Å². The minimum absolute atomic E-state index is 0.178. The van der Waals surface area contributed by atoms with E-state index in [-0.39, 0.29) is 5.91 Å². The Bertz CT molecular complexity index is 1080. The number of thiophene rings is 1. The van der Waals surface area contributed by atoms with Crippen molar-refractivity contribution in [2.75, 3.05) is 5.32 Å². The molecular formula is C21H17ClN2OS. The molecule has 26 heavy (non-hydrogen) atoms. The van der Waals surface area contributed by atoms with Crippen LogP contribution >= 0.6 is 22.9 Å². The second-order valence-corrected chi connectivity index (χ2v) is 7.55. The van der Waals surface area contributed by atoms with Gasteiger partial charge in [0.2, 0.25) is 0 Å². The lowest BCUT2D eigenvalue weighted by Crippen LogP contribution is -2.10. The highest BCUT2D eigenvalue weighted by Crippen LogP contribution is 2.29. The van der Waals surface area contributed by atoms with E-state index in [0.29, 0.717) is 9.90 Å². The van der Waals surface area contributed by atoms with Crippen molar-refractivity contribution < 1.29 is 4.79 Å². The second-order valence-electron chi connectivity index (χ2n) is 6.23. The fourth-order valence-electron chi connectivity index (χ4n) is 3.00. The van der Waals surface area contributed by atoms with Crippen molar-refractivity contribution in [3.63, 3.8) is 0 Å². The number of hydrogen-bond donors (Lipinski definition) is 1. The van der Waals surface area contributed by atoms with Gasteiger partial charge in [0.15, 0.2) is 0 Å². The molecule has 0 spiro atoms. The van der Waals surface area contributed by atoms with E-state index in [2.05, 4.69) is 47.1 Å². The van der Waals surface area contributed by atoms with Gasteiger partial charge < -0.3 is 9.88 Å². The van der Waals surface area contributed by atoms with Gasteiger partial charge in [-0.1, -0.05) is 59.6 Å². The van der Waals surface area contributed by atoms with Crippen molar-refractivity contribution in [2.24, 2.45) is 0 Å². The molecule has 0 saturated carbocycles. The summed E-state index contributed by atoms with van der Waals surface area (Å²) in [5.41, 5.74) is 4.34. The van der Waals surface area contributed by atoms with E-state index in [1.165, 1.54) is 22.5 Å². The molecule has 3 nitrogen and oxygen atoms in total. The molecule has 0 saturated heterocycles. The van der Waals surface area contributed by atoms with Gasteiger partial charge in [0.25, 0.3) is 5.91 Å². The molecule has 0 bridgehead atoms. The Morgan fingerprint density at radius 2 is 1.88 bits per heavy atom. The molecular weight excluding hydrogens is 364 g/mol. The molecule has 0 aliphatic rings. The number of carbonyl (C=O) groups excluding carboxylic acids is 1. The molecule has 130 valence electrons. The van der Waals surface area contributed by atoms with Gasteiger partial charge in [-0.05, 0) is 30.0 Å². The molecule has 4 rings (SSSR count). The van der Waals surface area contributed by atoms with Crippen molar-refractivity contribution in [3.05, 3.63) is 87.2 Å². The maximum Gasteiger partial charge on any atom is 0.267 e. The van der Waals surface area contributed by atoms with Gasteiger partial charge in [0.05, 0.1) is 16.2 Å². The Kier molecular flexibility index (Phi) is 4.53. The van der Waals surface area contributed by atoms with Crippen molar-refractivity contribution in [3.8, 4) is 0 Å². The van der Waals surface area contributed by atoms with Gasteiger partial charge in [-0.2, -0.15) is 0 Å². The van der Waals surface area contributed by atoms with E-state index in [4.69, 9.17) is 11.6 Å². The van der Waals surface area contributed by atoms with Gasteiger partial charge in [-0.3, -0.25) is 4.79 Å². The van der Waals surface area contributed by atoms with Crippen molar-refractivity contribution in [1.29, 1.82) is 0 Å². The van der Waals surface area contributed by atoms with Crippen LogP contribution in [0, 0.1) is 6.92 Å². The van der Waals surface area contributed by atoms with Crippen molar-refractivity contribution in [1.82, 2.24) is 4.57 Å². The van der Waals surface area contributed by atoms with Gasteiger partial charge in [0.1, 0.15) is 4.88 Å². The van der Waals surface area contributed by atoms with Crippen LogP contribution in [0.15, 0.2) is 66.2 Å². The summed E-state index contributed by atoms with van der Waals surface area (Å²) in [6.07, 6.45) is 1.99. The number of benzene rings is 2. The molecule has 0 aliphatic heterocycles. The average Bonchev–Trinajstić information content (AvgIpc) is 3.22. The molecule has 4 aromatic rings. The van der Waals surface area contributed by atoms with Gasteiger partial charge in [-0.15, -0.1) is 11.3 Å². The fourth-order valence-corrected chi connectivity index (χ4v) is 4.04. The Balaban J connectivity index is 1.68. The summed E-state index contributed by atoms with van der Waals surface area (Å²) in [6, 6.07) is 18.3. The molecule has 0 fully saturated rings. The molecule has 2 aromatic heterocycles. The average molecular weight is 381 g/mol. The number of rotatable bonds is 4. The minimum Gasteiger partial charge on any atom is -0.341 e. The highest BCUT2D eigenvalue weighted by molar-refractivity contribution is 7.12. The first-order chi connectivity index (χ1) is 12.6. The van der Waals surface area contributed by atoms with Gasteiger partial charge >= 0.3 is 0 Å². The van der Waals surface area contributed by atoms with Crippen LogP contribution in [0.1, 0.15) is 20.8 Å². The lowest BCUT2D eigenvalue weighted by atomic mass is 10.1. The maximum absolute atomic E-state index is 12.6. The Labute approximate surface area is 160 Å². The Morgan fingerprint density at radius 3 is 2.62 bits per heavy atom. The number of aryl methyl sites for hydroxylation is 1. The first-order valence-corrected chi connectivity index (χ1v) is 9.55. The van der Waals surface area contributed by atoms with E-state index < -0.39 is 0 Å². The highest BCUT2D eigenvalue weighted by atomic mass is 35.5. The van der Waals surface area contributed by atoms with Crippen LogP contribution < -0.4 is 5.32 Å². The fraction of sp³-hybridized carbons (Fsp3) is 0.0952. The molecule has 2 aromatic carbocycles. The molecule has 5 heteroatoms. The molecule has 0 radical (unpaired) electrons. The van der Waals surface area contributed by atoms with Crippen LogP contribution in [0.4, 0.5) is 5.69 Å². The molecule has 2 heterocycles. The number of halogens is 1. The third-order valence-electron chi connectivity index (χ3n) is 4.33. The molecule has 1 amide bonds. The number of amides is 1. The quantitative estimate of drug-likeness (QED) is 0.465. The van der Waals surface area contributed by atoms with E-state index in [9.17, 15) is 4.79 Å². The molecule has 0 unspecified atom stereocenters. The summed E-state index contributed by atoms with van der Waals surface area (Å²) in [6.45, 7) is 2.83. The van der Waals surface area contributed by atoms with Crippen LogP contribution in [0.25, 0.3) is 10.9 Å². The van der Waals surface area contributed by atoms with Gasteiger partial charge in [-0.25, -0.2) is 0 Å². The van der Waals surface area contributed by atoms with Crippen molar-refractivity contribution >= 4 is 45.4 Å². The first kappa shape index (κ1) is 16.9. The van der Waals surface area contributed by atoms with Crippen LogP contribution in [0.5, 0.6) is 0 Å². The zero-order chi connectivity index (χ0) is 18.1. The SMILES string of the molecule is Cc1ccc(Cn2cc(NC(=O)c3sccc3Cl)c3ccccc32)cc1. The third kappa shape index (κ3) is 3.26. The lowest BCUT2D eigenvalue weighted by Gasteiger charge is -2.06. The van der Waals surface area contributed by atoms with Crippen LogP contribution in [0.2, 0.25) is 5.02 Å². The molecule has 1 N–H and O–H groups in total. The third-order valence-corrected chi connectivity index (χ3v) is 5.67. The summed E-state index contributed by atoms with van der Waals surface area (Å²) < 4.78 is 2.16. The second kappa shape index (κ2) is 6.98. The summed E-state index contributed by atoms with van der Waals surface area (Å²) in [5.74, 6) is -0.178. The number of anilines is 1. The van der Waals surface area contributed by atoms with Crippen LogP contribution in [-0.4, -0.2) is 10.5 Å². The normalized spacial score (nSPS) is 11.0. The van der Waals surface area contributed by atoms with Gasteiger partial charge in [0, 0.05) is 18.1 Å². The number of nitrogens with zero attached hydrogens (tertiary/aromatic N) is 1. The summed E-state index contributed by atoms with van der Waals surface area (Å²) in [5, 5.41) is 6.32. The topological polar surface area (TPSA) is 34.0 Å². The van der Waals surface area contributed by atoms with Crippen molar-refractivity contribution in [2.45, 2.75) is 13.5 Å². The number of fused-ring (bicyclic) bond motifs is 1. The standard InChI is InChI=1S/C21H17ClN2OS/c1-14-6-8-15(9-7-14)12-24-13-18(16-4-2-3-5-19(16)24)23-21(25)20-17(22)10-11-26-20/h2-11,13H,12H2,1H3,(H,23,25). The summed E-state index contributed by atoms with van der Waals surface area (Å²) >= 11 is 7.43. The smallest absolute Gasteiger partial charge is 0.267 e. The Hall–Kier alpha value is -2.56. The summed E-state index contributed by atoms with van der Waals surface area (Å²) in [4.78, 5) is 13.1. The number of para-hydroxylation sites is 1. The predicted molar refractivity (Wildman–Crippen MR) is 110 cm³/mol. The van der Waals surface area contributed by atoms with Crippen LogP contribution in [0.3, 0.4) is 0 Å². The zero-order valence-corrected chi connectivity index (χ0v) is 15.8. The monoisotopic (exact) mass is 380 g/mol. The van der Waals surface area contributed by atoms with E-state index in [1.54, 1.807) is 6.07 Å². The number of nitrogens with one attached hydrogen (secondary N) is 1. The number of carbonyl (C=O) groups is 1. The highest BCUT2D eigenvalue weighted by Gasteiger charge is 2.15. The Morgan fingerprint density at radius 1 is 1.12 bits per heavy atom. The minimum atomic E-state index is -0.178. The summed E-state index contributed by atoms with van der Waals surface area (Å²) in [7, 11) is 0.